The third-order valence-corrected chi connectivity index (χ3v) is 5.23. The van der Waals surface area contributed by atoms with Gasteiger partial charge in [0.15, 0.2) is 0 Å². The molecule has 0 heterocycles. The highest BCUT2D eigenvalue weighted by atomic mass is 28.4. The third-order valence-electron chi connectivity index (χ3n) is 2.58. The van der Waals surface area contributed by atoms with Gasteiger partial charge in [0.05, 0.1) is 5.60 Å². The minimum absolute atomic E-state index is 0.281. The van der Waals surface area contributed by atoms with Crippen LogP contribution < -0.4 is 5.73 Å². The molecule has 0 bridgehead atoms. The first-order chi connectivity index (χ1) is 9.34. The van der Waals surface area contributed by atoms with Crippen molar-refractivity contribution in [1.29, 1.82) is 0 Å². The monoisotopic (exact) mass is 305 g/mol. The molecule has 0 aliphatic rings. The molecule has 0 amide bonds. The predicted octanol–water partition coefficient (Wildman–Crippen LogP) is 2.62. The molecule has 0 aromatic rings. The van der Waals surface area contributed by atoms with E-state index in [1.165, 1.54) is 0 Å². The van der Waals surface area contributed by atoms with Gasteiger partial charge in [-0.05, 0) is 46.7 Å². The molecule has 20 heavy (non-hydrogen) atoms. The molecule has 0 rings (SSSR count). The Morgan fingerprint density at radius 3 is 1.80 bits per heavy atom. The third kappa shape index (κ3) is 7.52. The minimum atomic E-state index is -2.77. The summed E-state index contributed by atoms with van der Waals surface area (Å²) in [7, 11) is -2.77. The van der Waals surface area contributed by atoms with Gasteiger partial charge in [-0.3, -0.25) is 0 Å². The van der Waals surface area contributed by atoms with Gasteiger partial charge >= 0.3 is 8.80 Å². The van der Waals surface area contributed by atoms with Crippen LogP contribution in [0.3, 0.4) is 0 Å². The molecule has 2 N–H and O–H groups in total. The van der Waals surface area contributed by atoms with Crippen LogP contribution in [0.15, 0.2) is 11.8 Å². The van der Waals surface area contributed by atoms with Crippen molar-refractivity contribution >= 4 is 8.80 Å². The van der Waals surface area contributed by atoms with E-state index in [0.29, 0.717) is 19.8 Å². The SMILES string of the molecule is CCO[Si](/C=C/C(C)(C)OC(N)CC)(OCC)OCC. The lowest BCUT2D eigenvalue weighted by Gasteiger charge is -2.29. The number of hydrogen-bond acceptors (Lipinski definition) is 5. The van der Waals surface area contributed by atoms with Crippen LogP contribution >= 0.6 is 0 Å². The molecular formula is C14H31NO4Si. The normalized spacial score (nSPS) is 14.9. The molecule has 0 aromatic carbocycles. The fourth-order valence-corrected chi connectivity index (χ4v) is 4.04. The second-order valence-electron chi connectivity index (χ2n) is 4.90. The van der Waals surface area contributed by atoms with Crippen molar-refractivity contribution in [3.63, 3.8) is 0 Å². The molecule has 0 aliphatic carbocycles. The van der Waals surface area contributed by atoms with Crippen LogP contribution in [0.25, 0.3) is 0 Å². The minimum Gasteiger partial charge on any atom is -0.371 e. The molecule has 0 spiro atoms. The van der Waals surface area contributed by atoms with Crippen molar-refractivity contribution in [3.8, 4) is 0 Å². The summed E-state index contributed by atoms with van der Waals surface area (Å²) in [6.07, 6.45) is 2.41. The van der Waals surface area contributed by atoms with Gasteiger partial charge in [-0.2, -0.15) is 0 Å². The highest BCUT2D eigenvalue weighted by molar-refractivity contribution is 6.66. The summed E-state index contributed by atoms with van der Waals surface area (Å²) >= 11 is 0. The van der Waals surface area contributed by atoms with E-state index in [-0.39, 0.29) is 6.23 Å². The summed E-state index contributed by atoms with van der Waals surface area (Å²) in [6.45, 7) is 13.4. The van der Waals surface area contributed by atoms with E-state index in [9.17, 15) is 0 Å². The molecule has 120 valence electrons. The van der Waals surface area contributed by atoms with E-state index in [1.807, 2.05) is 53.3 Å². The fourth-order valence-electron chi connectivity index (χ4n) is 1.69. The van der Waals surface area contributed by atoms with E-state index >= 15 is 0 Å². The van der Waals surface area contributed by atoms with Gasteiger partial charge in [0.25, 0.3) is 0 Å². The molecule has 0 radical (unpaired) electrons. The Balaban J connectivity index is 4.96. The van der Waals surface area contributed by atoms with Crippen LogP contribution in [-0.4, -0.2) is 40.5 Å². The molecule has 1 unspecified atom stereocenters. The predicted molar refractivity (Wildman–Crippen MR) is 83.2 cm³/mol. The zero-order chi connectivity index (χ0) is 15.6. The first-order valence-corrected chi connectivity index (χ1v) is 9.20. The molecule has 0 aliphatic heterocycles. The summed E-state index contributed by atoms with van der Waals surface area (Å²) in [5.74, 6) is 0. The fraction of sp³-hybridized carbons (Fsp3) is 0.857. The van der Waals surface area contributed by atoms with Crippen molar-refractivity contribution in [2.24, 2.45) is 5.73 Å². The lowest BCUT2D eigenvalue weighted by atomic mass is 10.1. The van der Waals surface area contributed by atoms with Gasteiger partial charge in [0.2, 0.25) is 0 Å². The first kappa shape index (κ1) is 19.8. The van der Waals surface area contributed by atoms with Gasteiger partial charge in [-0.1, -0.05) is 13.0 Å². The zero-order valence-corrected chi connectivity index (χ0v) is 14.8. The second kappa shape index (κ2) is 9.65. The summed E-state index contributed by atoms with van der Waals surface area (Å²) in [4.78, 5) is 0. The average Bonchev–Trinajstić information content (AvgIpc) is 2.37. The van der Waals surface area contributed by atoms with Crippen molar-refractivity contribution in [2.75, 3.05) is 19.8 Å². The van der Waals surface area contributed by atoms with E-state index in [1.54, 1.807) is 0 Å². The van der Waals surface area contributed by atoms with Crippen molar-refractivity contribution in [3.05, 3.63) is 11.8 Å². The lowest BCUT2D eigenvalue weighted by molar-refractivity contribution is -0.0396. The summed E-state index contributed by atoms with van der Waals surface area (Å²) < 4.78 is 23.0. The second-order valence-corrected chi connectivity index (χ2v) is 7.31. The maximum atomic E-state index is 5.84. The molecular weight excluding hydrogens is 274 g/mol. The maximum absolute atomic E-state index is 5.84. The van der Waals surface area contributed by atoms with Crippen LogP contribution in [0.2, 0.25) is 0 Å². The molecule has 5 nitrogen and oxygen atoms in total. The van der Waals surface area contributed by atoms with Gasteiger partial charge in [0.1, 0.15) is 6.23 Å². The Hall–Kier alpha value is -0.243. The van der Waals surface area contributed by atoms with Gasteiger partial charge in [-0.15, -0.1) is 0 Å². The standard InChI is InChI=1S/C14H31NO4Si/c1-7-13(15)19-14(5,6)11-12-20(16-8-2,17-9-3)18-10-4/h11-13H,7-10,15H2,1-6H3/b12-11+. The maximum Gasteiger partial charge on any atom is 0.529 e. The first-order valence-electron chi connectivity index (χ1n) is 7.40. The largest absolute Gasteiger partial charge is 0.529 e. The van der Waals surface area contributed by atoms with Gasteiger partial charge in [0, 0.05) is 19.8 Å². The van der Waals surface area contributed by atoms with Gasteiger partial charge < -0.3 is 23.7 Å². The number of hydrogen-bond donors (Lipinski definition) is 1. The van der Waals surface area contributed by atoms with E-state index in [2.05, 4.69) is 0 Å². The van der Waals surface area contributed by atoms with E-state index < -0.39 is 14.4 Å². The van der Waals surface area contributed by atoms with Crippen LogP contribution in [0.5, 0.6) is 0 Å². The summed E-state index contributed by atoms with van der Waals surface area (Å²) in [5, 5.41) is 0. The van der Waals surface area contributed by atoms with Gasteiger partial charge in [-0.25, -0.2) is 0 Å². The van der Waals surface area contributed by atoms with Crippen molar-refractivity contribution < 1.29 is 18.0 Å². The van der Waals surface area contributed by atoms with Crippen LogP contribution in [0.1, 0.15) is 48.0 Å². The summed E-state index contributed by atoms with van der Waals surface area (Å²) in [6, 6.07) is 0. The Morgan fingerprint density at radius 2 is 1.45 bits per heavy atom. The molecule has 1 atom stereocenters. The number of ether oxygens (including phenoxy) is 1. The average molecular weight is 305 g/mol. The molecule has 6 heteroatoms. The van der Waals surface area contributed by atoms with E-state index in [0.717, 1.165) is 6.42 Å². The molecule has 0 saturated carbocycles. The van der Waals surface area contributed by atoms with Crippen molar-refractivity contribution in [2.45, 2.75) is 59.8 Å². The molecule has 0 aromatic heterocycles. The number of rotatable bonds is 11. The summed E-state index contributed by atoms with van der Waals surface area (Å²) in [5.41, 5.74) is 7.24. The topological polar surface area (TPSA) is 62.9 Å². The Morgan fingerprint density at radius 1 is 1.00 bits per heavy atom. The van der Waals surface area contributed by atoms with Crippen LogP contribution in [0, 0.1) is 0 Å². The highest BCUT2D eigenvalue weighted by Gasteiger charge is 2.38. The highest BCUT2D eigenvalue weighted by Crippen LogP contribution is 2.18. The van der Waals surface area contributed by atoms with Crippen LogP contribution in [-0.2, 0) is 18.0 Å². The Bertz CT molecular complexity index is 267. The molecule has 0 saturated heterocycles. The quantitative estimate of drug-likeness (QED) is 0.469. The number of nitrogens with two attached hydrogens (primary N) is 1. The lowest BCUT2D eigenvalue weighted by Crippen LogP contribution is -2.45. The zero-order valence-electron chi connectivity index (χ0n) is 13.8. The van der Waals surface area contributed by atoms with Crippen molar-refractivity contribution in [1.82, 2.24) is 0 Å². The van der Waals surface area contributed by atoms with Crippen LogP contribution in [0.4, 0.5) is 0 Å². The smallest absolute Gasteiger partial charge is 0.371 e. The molecule has 0 fully saturated rings. The Labute approximate surface area is 124 Å². The Kier molecular flexibility index (Phi) is 9.53. The van der Waals surface area contributed by atoms with E-state index in [4.69, 9.17) is 23.7 Å².